The van der Waals surface area contributed by atoms with Crippen molar-refractivity contribution in [3.8, 4) is 0 Å². The molecule has 0 radical (unpaired) electrons. The molecule has 0 spiro atoms. The van der Waals surface area contributed by atoms with Crippen LogP contribution >= 0.6 is 0 Å². The molecule has 0 bridgehead atoms. The molecule has 6 heteroatoms. The standard InChI is InChI=1S/C59H103NO5/c1-4-7-10-13-16-19-22-25-27-29-30-33-36-39-42-45-48-51-57(62)56(54-61)60-58(63)53-55(50-47-44-41-38-35-32-24-21-18-15-12-9-6-3)65-59(64)52-49-46-43-40-37-34-31-28-26-23-20-17-14-11-8-5-2/h9,12,15,18,21,24,28,31-32,34-35,37-38,41,55-57,61-62H,4-8,10-11,13-14,16-17,19-20,22-23,25-27,29-30,33,36,39-40,42-54H2,1-3H3,(H,60,63)/b12-9+,18-15+,24-21-,31-28+,35-32-,37-34+,41-38+. The van der Waals surface area contributed by atoms with E-state index in [-0.39, 0.29) is 24.9 Å². The third kappa shape index (κ3) is 47.3. The normalized spacial score (nSPS) is 13.9. The van der Waals surface area contributed by atoms with E-state index < -0.39 is 18.2 Å². The van der Waals surface area contributed by atoms with Crippen LogP contribution in [0.1, 0.15) is 252 Å². The van der Waals surface area contributed by atoms with E-state index in [0.717, 1.165) is 70.6 Å². The molecule has 0 aromatic heterocycles. The topological polar surface area (TPSA) is 95.9 Å². The molecular formula is C59H103NO5. The van der Waals surface area contributed by atoms with Crippen LogP contribution in [0.3, 0.4) is 0 Å². The molecule has 0 aromatic rings. The third-order valence-corrected chi connectivity index (χ3v) is 12.1. The van der Waals surface area contributed by atoms with Gasteiger partial charge in [-0.15, -0.1) is 0 Å². The van der Waals surface area contributed by atoms with Crippen molar-refractivity contribution in [2.45, 2.75) is 270 Å². The van der Waals surface area contributed by atoms with E-state index >= 15 is 0 Å². The maximum atomic E-state index is 13.2. The zero-order valence-electron chi connectivity index (χ0n) is 42.6. The van der Waals surface area contributed by atoms with Gasteiger partial charge in [-0.2, -0.15) is 0 Å². The van der Waals surface area contributed by atoms with Crippen LogP contribution in [0, 0.1) is 0 Å². The van der Waals surface area contributed by atoms with Crippen molar-refractivity contribution < 1.29 is 24.5 Å². The summed E-state index contributed by atoms with van der Waals surface area (Å²) in [6.07, 6.45) is 68.0. The van der Waals surface area contributed by atoms with Crippen molar-refractivity contribution in [1.82, 2.24) is 5.32 Å². The molecule has 3 atom stereocenters. The van der Waals surface area contributed by atoms with Crippen LogP contribution in [0.4, 0.5) is 0 Å². The number of aliphatic hydroxyl groups is 2. The maximum absolute atomic E-state index is 13.2. The Morgan fingerprint density at radius 3 is 1.31 bits per heavy atom. The molecule has 0 aliphatic rings. The first-order valence-corrected chi connectivity index (χ1v) is 27.4. The predicted octanol–water partition coefficient (Wildman–Crippen LogP) is 16.7. The van der Waals surface area contributed by atoms with Crippen molar-refractivity contribution in [3.63, 3.8) is 0 Å². The second kappa shape index (κ2) is 52.0. The van der Waals surface area contributed by atoms with Crippen molar-refractivity contribution in [3.05, 3.63) is 85.1 Å². The highest BCUT2D eigenvalue weighted by atomic mass is 16.5. The summed E-state index contributed by atoms with van der Waals surface area (Å²) >= 11 is 0. The van der Waals surface area contributed by atoms with Crippen LogP contribution in [0.5, 0.6) is 0 Å². The predicted molar refractivity (Wildman–Crippen MR) is 282 cm³/mol. The highest BCUT2D eigenvalue weighted by Gasteiger charge is 2.24. The van der Waals surface area contributed by atoms with E-state index in [0.29, 0.717) is 19.3 Å². The molecule has 0 aliphatic heterocycles. The minimum atomic E-state index is -0.816. The molecular weight excluding hydrogens is 803 g/mol. The SMILES string of the molecule is CC/C=C/C=C/C=C\C=C/C=C/CCCC(CC(=O)NC(CO)C(O)CCCCCCCCCCCCCCCCCCC)OC(=O)CCCCC/C=C/C=C/CCCCCCCCC. The summed E-state index contributed by atoms with van der Waals surface area (Å²) < 4.78 is 5.89. The Kier molecular flexibility index (Phi) is 49.6. The lowest BCUT2D eigenvalue weighted by atomic mass is 10.0. The van der Waals surface area contributed by atoms with Gasteiger partial charge in [0.15, 0.2) is 0 Å². The summed E-state index contributed by atoms with van der Waals surface area (Å²) in [4.78, 5) is 26.2. The van der Waals surface area contributed by atoms with Crippen molar-refractivity contribution in [2.75, 3.05) is 6.61 Å². The molecule has 65 heavy (non-hydrogen) atoms. The fourth-order valence-corrected chi connectivity index (χ4v) is 7.98. The van der Waals surface area contributed by atoms with Gasteiger partial charge in [0.05, 0.1) is 25.2 Å². The van der Waals surface area contributed by atoms with Crippen LogP contribution in [-0.4, -0.2) is 46.9 Å². The van der Waals surface area contributed by atoms with Crippen LogP contribution < -0.4 is 5.32 Å². The summed E-state index contributed by atoms with van der Waals surface area (Å²) in [5.41, 5.74) is 0. The zero-order chi connectivity index (χ0) is 47.4. The fourth-order valence-electron chi connectivity index (χ4n) is 7.98. The van der Waals surface area contributed by atoms with Gasteiger partial charge in [0.25, 0.3) is 0 Å². The molecule has 6 nitrogen and oxygen atoms in total. The van der Waals surface area contributed by atoms with Crippen LogP contribution in [0.15, 0.2) is 85.1 Å². The number of esters is 1. The number of aliphatic hydroxyl groups excluding tert-OH is 2. The monoisotopic (exact) mass is 906 g/mol. The molecule has 0 saturated heterocycles. The minimum absolute atomic E-state index is 0.0146. The van der Waals surface area contributed by atoms with Crippen LogP contribution in [-0.2, 0) is 14.3 Å². The number of unbranched alkanes of at least 4 members (excludes halogenated alkanes) is 27. The molecule has 3 N–H and O–H groups in total. The number of hydrogen-bond donors (Lipinski definition) is 3. The smallest absolute Gasteiger partial charge is 0.306 e. The van der Waals surface area contributed by atoms with Crippen LogP contribution in [0.25, 0.3) is 0 Å². The highest BCUT2D eigenvalue weighted by molar-refractivity contribution is 5.77. The number of amides is 1. The zero-order valence-corrected chi connectivity index (χ0v) is 42.6. The van der Waals surface area contributed by atoms with Crippen molar-refractivity contribution in [1.29, 1.82) is 0 Å². The summed E-state index contributed by atoms with van der Waals surface area (Å²) in [6, 6.07) is -0.735. The molecule has 3 unspecified atom stereocenters. The third-order valence-electron chi connectivity index (χ3n) is 12.1. The largest absolute Gasteiger partial charge is 0.462 e. The second-order valence-corrected chi connectivity index (χ2v) is 18.4. The van der Waals surface area contributed by atoms with Gasteiger partial charge in [-0.25, -0.2) is 0 Å². The number of rotatable bonds is 48. The Balaban J connectivity index is 4.65. The molecule has 1 amide bonds. The van der Waals surface area contributed by atoms with E-state index in [9.17, 15) is 19.8 Å². The molecule has 0 aliphatic carbocycles. The lowest BCUT2D eigenvalue weighted by Crippen LogP contribution is -2.46. The average Bonchev–Trinajstić information content (AvgIpc) is 3.30. The first-order chi connectivity index (χ1) is 32.0. The van der Waals surface area contributed by atoms with E-state index in [4.69, 9.17) is 4.74 Å². The van der Waals surface area contributed by atoms with Gasteiger partial charge >= 0.3 is 5.97 Å². The van der Waals surface area contributed by atoms with E-state index in [1.807, 2.05) is 48.6 Å². The second-order valence-electron chi connectivity index (χ2n) is 18.4. The van der Waals surface area contributed by atoms with Gasteiger partial charge in [0.2, 0.25) is 5.91 Å². The van der Waals surface area contributed by atoms with Gasteiger partial charge in [-0.1, -0.05) is 260 Å². The van der Waals surface area contributed by atoms with Crippen molar-refractivity contribution in [2.24, 2.45) is 0 Å². The van der Waals surface area contributed by atoms with E-state index in [2.05, 4.69) is 62.5 Å². The lowest BCUT2D eigenvalue weighted by molar-refractivity contribution is -0.151. The molecule has 0 rings (SSSR count). The molecule has 0 aromatic carbocycles. The minimum Gasteiger partial charge on any atom is -0.462 e. The van der Waals surface area contributed by atoms with E-state index in [1.165, 1.54) is 135 Å². The Morgan fingerprint density at radius 1 is 0.462 bits per heavy atom. The molecule has 0 saturated carbocycles. The Bertz CT molecular complexity index is 1250. The summed E-state index contributed by atoms with van der Waals surface area (Å²) in [5.74, 6) is -0.579. The Morgan fingerprint density at radius 2 is 0.846 bits per heavy atom. The number of carbonyl (C=O) groups is 2. The Labute approximate surface area is 402 Å². The summed E-state index contributed by atoms with van der Waals surface area (Å²) in [6.45, 7) is 6.32. The van der Waals surface area contributed by atoms with Crippen molar-refractivity contribution >= 4 is 11.9 Å². The van der Waals surface area contributed by atoms with Gasteiger partial charge in [0, 0.05) is 6.42 Å². The fraction of sp³-hybridized carbons (Fsp3) is 0.729. The first kappa shape index (κ1) is 62.0. The van der Waals surface area contributed by atoms with Crippen LogP contribution in [0.2, 0.25) is 0 Å². The molecule has 374 valence electrons. The lowest BCUT2D eigenvalue weighted by Gasteiger charge is -2.24. The highest BCUT2D eigenvalue weighted by Crippen LogP contribution is 2.17. The molecule has 0 heterocycles. The van der Waals surface area contributed by atoms with Gasteiger partial charge in [-0.05, 0) is 64.2 Å². The maximum Gasteiger partial charge on any atom is 0.306 e. The number of ether oxygens (including phenoxy) is 1. The summed E-state index contributed by atoms with van der Waals surface area (Å²) in [5, 5.41) is 23.8. The first-order valence-electron chi connectivity index (χ1n) is 27.4. The van der Waals surface area contributed by atoms with Gasteiger partial charge in [-0.3, -0.25) is 9.59 Å². The number of hydrogen-bond acceptors (Lipinski definition) is 5. The average molecular weight is 906 g/mol. The Hall–Kier alpha value is -2.96. The number of nitrogens with one attached hydrogen (secondary N) is 1. The number of allylic oxidation sites excluding steroid dienone is 14. The van der Waals surface area contributed by atoms with Gasteiger partial charge < -0.3 is 20.3 Å². The number of carbonyl (C=O) groups excluding carboxylic acids is 2. The van der Waals surface area contributed by atoms with E-state index in [1.54, 1.807) is 0 Å². The summed E-state index contributed by atoms with van der Waals surface area (Å²) in [7, 11) is 0. The quantitative estimate of drug-likeness (QED) is 0.0321. The molecule has 0 fully saturated rings. The van der Waals surface area contributed by atoms with Gasteiger partial charge in [0.1, 0.15) is 6.10 Å².